The minimum Gasteiger partial charge on any atom is -0.486 e. The number of thioether (sulfide) groups is 1. The highest BCUT2D eigenvalue weighted by Gasteiger charge is 2.31. The molecule has 4 rings (SSSR count). The Morgan fingerprint density at radius 1 is 1.26 bits per heavy atom. The zero-order valence-electron chi connectivity index (χ0n) is 13.8. The number of carbonyl (C=O) groups is 1. The van der Waals surface area contributed by atoms with E-state index in [4.69, 9.17) is 16.3 Å². The van der Waals surface area contributed by atoms with Gasteiger partial charge in [-0.15, -0.1) is 21.5 Å². The van der Waals surface area contributed by atoms with E-state index in [1.807, 2.05) is 17.5 Å². The Hall–Kier alpha value is -2.36. The van der Waals surface area contributed by atoms with Crippen molar-refractivity contribution in [3.05, 3.63) is 57.5 Å². The molecule has 0 spiro atoms. The molecule has 0 radical (unpaired) electrons. The van der Waals surface area contributed by atoms with E-state index in [0.29, 0.717) is 27.5 Å². The first-order valence-electron chi connectivity index (χ1n) is 7.94. The van der Waals surface area contributed by atoms with E-state index < -0.39 is 5.97 Å². The highest BCUT2D eigenvalue weighted by atomic mass is 35.5. The highest BCUT2D eigenvalue weighted by Crippen LogP contribution is 2.33. The second-order valence-corrected chi connectivity index (χ2v) is 8.17. The summed E-state index contributed by atoms with van der Waals surface area (Å²) in [5, 5.41) is 25.0. The molecule has 0 bridgehead atoms. The maximum Gasteiger partial charge on any atom is 0.304 e. The Labute approximate surface area is 167 Å². The van der Waals surface area contributed by atoms with E-state index in [1.165, 1.54) is 23.1 Å². The first-order valence-corrected chi connectivity index (χ1v) is 10.1. The summed E-state index contributed by atoms with van der Waals surface area (Å²) >= 11 is 8.74. The Morgan fingerprint density at radius 2 is 2.07 bits per heavy atom. The molecule has 1 aliphatic rings. The van der Waals surface area contributed by atoms with E-state index in [2.05, 4.69) is 15.3 Å². The third-order valence-corrected chi connectivity index (χ3v) is 6.04. The third-order valence-electron chi connectivity index (χ3n) is 3.75. The molecule has 3 aromatic rings. The van der Waals surface area contributed by atoms with Gasteiger partial charge in [-0.2, -0.15) is 9.78 Å². The predicted molar refractivity (Wildman–Crippen MR) is 104 cm³/mol. The SMILES string of the molecule is O=C(O)C[C@@H]1Sc2nnc(COc3ccc(Cl)cc3)n2N=C1c1cccs1. The summed E-state index contributed by atoms with van der Waals surface area (Å²) in [6.45, 7) is 0.181. The van der Waals surface area contributed by atoms with Crippen LogP contribution in [0.15, 0.2) is 52.0 Å². The molecule has 0 aliphatic carbocycles. The summed E-state index contributed by atoms with van der Waals surface area (Å²) in [6, 6.07) is 10.9. The lowest BCUT2D eigenvalue weighted by atomic mass is 10.1. The molecule has 0 fully saturated rings. The fourth-order valence-corrected chi connectivity index (χ4v) is 4.59. The van der Waals surface area contributed by atoms with Gasteiger partial charge in [0.15, 0.2) is 5.82 Å². The largest absolute Gasteiger partial charge is 0.486 e. The number of benzene rings is 1. The van der Waals surface area contributed by atoms with Crippen molar-refractivity contribution in [2.45, 2.75) is 23.4 Å². The fraction of sp³-hybridized carbons (Fsp3) is 0.176. The Balaban J connectivity index is 1.61. The molecule has 7 nitrogen and oxygen atoms in total. The van der Waals surface area contributed by atoms with Crippen molar-refractivity contribution in [3.8, 4) is 5.75 Å². The lowest BCUT2D eigenvalue weighted by molar-refractivity contribution is -0.136. The van der Waals surface area contributed by atoms with Gasteiger partial charge in [0.25, 0.3) is 0 Å². The first kappa shape index (κ1) is 18.0. The lowest BCUT2D eigenvalue weighted by Crippen LogP contribution is -2.26. The third kappa shape index (κ3) is 4.00. The van der Waals surface area contributed by atoms with Gasteiger partial charge in [0.05, 0.1) is 22.3 Å². The van der Waals surface area contributed by atoms with E-state index in [0.717, 1.165) is 4.88 Å². The van der Waals surface area contributed by atoms with Crippen molar-refractivity contribution in [1.82, 2.24) is 14.9 Å². The van der Waals surface area contributed by atoms with Crippen LogP contribution in [0.2, 0.25) is 5.02 Å². The Bertz CT molecular complexity index is 986. The Kier molecular flexibility index (Phi) is 5.15. The van der Waals surface area contributed by atoms with Crippen molar-refractivity contribution in [3.63, 3.8) is 0 Å². The molecule has 1 atom stereocenters. The van der Waals surface area contributed by atoms with Gasteiger partial charge in [-0.1, -0.05) is 29.4 Å². The van der Waals surface area contributed by atoms with Gasteiger partial charge in [0.1, 0.15) is 12.4 Å². The lowest BCUT2D eigenvalue weighted by Gasteiger charge is -2.21. The van der Waals surface area contributed by atoms with Gasteiger partial charge < -0.3 is 9.84 Å². The van der Waals surface area contributed by atoms with Gasteiger partial charge in [-0.25, -0.2) is 0 Å². The van der Waals surface area contributed by atoms with E-state index in [-0.39, 0.29) is 18.3 Å². The number of ether oxygens (including phenoxy) is 1. The summed E-state index contributed by atoms with van der Waals surface area (Å²) in [4.78, 5) is 12.2. The van der Waals surface area contributed by atoms with Crippen LogP contribution in [0, 0.1) is 0 Å². The maximum atomic E-state index is 11.2. The average molecular weight is 421 g/mol. The molecule has 0 saturated heterocycles. The second kappa shape index (κ2) is 7.71. The molecule has 3 heterocycles. The van der Waals surface area contributed by atoms with Crippen molar-refractivity contribution in [2.75, 3.05) is 0 Å². The number of thiophene rings is 1. The molecule has 1 N–H and O–H groups in total. The van der Waals surface area contributed by atoms with Gasteiger partial charge >= 0.3 is 5.97 Å². The number of aliphatic carboxylic acids is 1. The fourth-order valence-electron chi connectivity index (χ4n) is 2.52. The minimum atomic E-state index is -0.879. The Morgan fingerprint density at radius 3 is 2.78 bits per heavy atom. The quantitative estimate of drug-likeness (QED) is 0.652. The van der Waals surface area contributed by atoms with Crippen molar-refractivity contribution >= 4 is 46.4 Å². The molecule has 0 unspecified atom stereocenters. The van der Waals surface area contributed by atoms with Crippen LogP contribution in [0.1, 0.15) is 17.1 Å². The minimum absolute atomic E-state index is 0.0368. The molecule has 1 aromatic carbocycles. The molecule has 0 saturated carbocycles. The van der Waals surface area contributed by atoms with Crippen molar-refractivity contribution < 1.29 is 14.6 Å². The summed E-state index contributed by atoms with van der Waals surface area (Å²) < 4.78 is 7.36. The number of halogens is 1. The topological polar surface area (TPSA) is 89.6 Å². The molecule has 10 heteroatoms. The number of fused-ring (bicyclic) bond motifs is 1. The second-order valence-electron chi connectivity index (χ2n) is 5.62. The number of hydrogen-bond donors (Lipinski definition) is 1. The van der Waals surface area contributed by atoms with Crippen molar-refractivity contribution in [1.29, 1.82) is 0 Å². The van der Waals surface area contributed by atoms with Crippen LogP contribution in [0.3, 0.4) is 0 Å². The van der Waals surface area contributed by atoms with Crippen LogP contribution in [0.25, 0.3) is 0 Å². The number of carboxylic acids is 1. The van der Waals surface area contributed by atoms with Crippen LogP contribution in [-0.4, -0.2) is 36.9 Å². The average Bonchev–Trinajstić information content (AvgIpc) is 3.30. The van der Waals surface area contributed by atoms with Crippen LogP contribution in [0.4, 0.5) is 0 Å². The molecule has 138 valence electrons. The number of carboxylic acid groups (broad SMARTS) is 1. The van der Waals surface area contributed by atoms with Gasteiger partial charge in [-0.3, -0.25) is 4.79 Å². The number of aromatic nitrogens is 3. The van der Waals surface area contributed by atoms with E-state index in [9.17, 15) is 9.90 Å². The van der Waals surface area contributed by atoms with Crippen LogP contribution in [-0.2, 0) is 11.4 Å². The zero-order valence-corrected chi connectivity index (χ0v) is 16.2. The van der Waals surface area contributed by atoms with Crippen LogP contribution in [0.5, 0.6) is 5.75 Å². The van der Waals surface area contributed by atoms with Crippen LogP contribution < -0.4 is 4.74 Å². The molecule has 1 aliphatic heterocycles. The summed E-state index contributed by atoms with van der Waals surface area (Å²) in [6.07, 6.45) is -0.0368. The molecule has 2 aromatic heterocycles. The smallest absolute Gasteiger partial charge is 0.304 e. The first-order chi connectivity index (χ1) is 13.1. The highest BCUT2D eigenvalue weighted by molar-refractivity contribution is 8.00. The van der Waals surface area contributed by atoms with Gasteiger partial charge in [0, 0.05) is 5.02 Å². The van der Waals surface area contributed by atoms with E-state index >= 15 is 0 Å². The summed E-state index contributed by atoms with van der Waals surface area (Å²) in [7, 11) is 0. The summed E-state index contributed by atoms with van der Waals surface area (Å²) in [5.41, 5.74) is 0.706. The number of hydrogen-bond acceptors (Lipinski definition) is 7. The normalized spacial score (nSPS) is 15.9. The standard InChI is InChI=1S/C17H13ClN4O3S2/c18-10-3-5-11(6-4-10)25-9-14-19-20-17-22(14)21-16(12-2-1-7-26-12)13(27-17)8-15(23)24/h1-7,13H,8-9H2,(H,23,24)/t13-/m0/s1. The predicted octanol–water partition coefficient (Wildman–Crippen LogP) is 3.77. The maximum absolute atomic E-state index is 11.2. The van der Waals surface area contributed by atoms with Crippen LogP contribution >= 0.6 is 34.7 Å². The number of rotatable bonds is 6. The molecule has 27 heavy (non-hydrogen) atoms. The van der Waals surface area contributed by atoms with E-state index in [1.54, 1.807) is 28.9 Å². The van der Waals surface area contributed by atoms with Crippen molar-refractivity contribution in [2.24, 2.45) is 5.10 Å². The molecular weight excluding hydrogens is 408 g/mol. The van der Waals surface area contributed by atoms with Gasteiger partial charge in [0.2, 0.25) is 5.16 Å². The molecule has 0 amide bonds. The van der Waals surface area contributed by atoms with Gasteiger partial charge in [-0.05, 0) is 35.7 Å². The monoisotopic (exact) mass is 420 g/mol. The zero-order chi connectivity index (χ0) is 18.8. The summed E-state index contributed by atoms with van der Waals surface area (Å²) in [5.74, 6) is 0.317. The number of nitrogens with zero attached hydrogens (tertiary/aromatic N) is 4. The molecular formula is C17H13ClN4O3S2.